The number of aliphatic carboxylic acids is 1. The number of carboxylic acids is 1. The van der Waals surface area contributed by atoms with E-state index < -0.39 is 11.5 Å². The van der Waals surface area contributed by atoms with Crippen molar-refractivity contribution in [1.82, 2.24) is 10.6 Å². The van der Waals surface area contributed by atoms with Crippen molar-refractivity contribution in [3.05, 3.63) is 35.4 Å². The highest BCUT2D eigenvalue weighted by molar-refractivity contribution is 5.80. The third-order valence-electron chi connectivity index (χ3n) is 6.05. The van der Waals surface area contributed by atoms with Gasteiger partial charge in [0.05, 0.1) is 0 Å². The van der Waals surface area contributed by atoms with Crippen LogP contribution in [0.25, 0.3) is 0 Å². The van der Waals surface area contributed by atoms with Crippen molar-refractivity contribution in [1.29, 1.82) is 0 Å². The fourth-order valence-corrected chi connectivity index (χ4v) is 4.90. The van der Waals surface area contributed by atoms with Crippen LogP contribution >= 0.6 is 0 Å². The van der Waals surface area contributed by atoms with Gasteiger partial charge in [-0.3, -0.25) is 10.1 Å². The maximum absolute atomic E-state index is 12.2. The third kappa shape index (κ3) is 3.50. The molecule has 132 valence electrons. The number of rotatable bonds is 7. The van der Waals surface area contributed by atoms with E-state index in [-0.39, 0.29) is 5.92 Å². The van der Waals surface area contributed by atoms with Crippen LogP contribution in [0.3, 0.4) is 0 Å². The predicted molar refractivity (Wildman–Crippen MR) is 95.7 cm³/mol. The zero-order valence-electron chi connectivity index (χ0n) is 14.7. The van der Waals surface area contributed by atoms with Crippen LogP contribution in [-0.2, 0) is 17.9 Å². The fraction of sp³-hybridized carbons (Fsp3) is 0.650. The molecule has 0 heterocycles. The van der Waals surface area contributed by atoms with Crippen LogP contribution in [0.1, 0.15) is 56.1 Å². The molecule has 0 amide bonds. The lowest BCUT2D eigenvalue weighted by atomic mass is 9.77. The zero-order chi connectivity index (χ0) is 17.0. The largest absolute Gasteiger partial charge is 0.480 e. The summed E-state index contributed by atoms with van der Waals surface area (Å²) < 4.78 is 0. The fourth-order valence-electron chi connectivity index (χ4n) is 4.90. The maximum atomic E-state index is 12.2. The van der Waals surface area contributed by atoms with Gasteiger partial charge < -0.3 is 10.4 Å². The molecular weight excluding hydrogens is 300 g/mol. The van der Waals surface area contributed by atoms with Crippen molar-refractivity contribution in [2.45, 2.75) is 63.6 Å². The van der Waals surface area contributed by atoms with Crippen molar-refractivity contribution in [2.24, 2.45) is 11.8 Å². The minimum atomic E-state index is -0.728. The standard InChI is InChI=1S/C20H30N2O2/c1-21-13-15-6-4-7-16(12-15)14-22-20(19(23)24)11-5-10-18(20)17-8-2-3-9-17/h4,6-7,12,17-18,21-22H,2-3,5,8-11,13-14H2,1H3,(H,23,24). The molecule has 24 heavy (non-hydrogen) atoms. The Morgan fingerprint density at radius 3 is 2.54 bits per heavy atom. The molecule has 0 aliphatic heterocycles. The van der Waals surface area contributed by atoms with E-state index in [1.165, 1.54) is 36.8 Å². The quantitative estimate of drug-likeness (QED) is 0.718. The van der Waals surface area contributed by atoms with Gasteiger partial charge in [0.15, 0.2) is 0 Å². The van der Waals surface area contributed by atoms with Crippen molar-refractivity contribution in [2.75, 3.05) is 7.05 Å². The van der Waals surface area contributed by atoms with E-state index in [0.29, 0.717) is 12.5 Å². The highest BCUT2D eigenvalue weighted by Crippen LogP contribution is 2.46. The summed E-state index contributed by atoms with van der Waals surface area (Å²) in [4.78, 5) is 12.2. The second-order valence-corrected chi connectivity index (χ2v) is 7.52. The van der Waals surface area contributed by atoms with Gasteiger partial charge >= 0.3 is 5.97 Å². The van der Waals surface area contributed by atoms with Gasteiger partial charge in [-0.1, -0.05) is 56.4 Å². The molecule has 0 saturated heterocycles. The lowest BCUT2D eigenvalue weighted by molar-refractivity contribution is -0.147. The minimum absolute atomic E-state index is 0.290. The van der Waals surface area contributed by atoms with Crippen LogP contribution in [0.15, 0.2) is 24.3 Å². The predicted octanol–water partition coefficient (Wildman–Crippen LogP) is 3.31. The molecule has 1 aromatic carbocycles. The SMILES string of the molecule is CNCc1cccc(CNC2(C(=O)O)CCCC2C2CCCC2)c1. The second-order valence-electron chi connectivity index (χ2n) is 7.52. The first-order valence-electron chi connectivity index (χ1n) is 9.36. The molecule has 2 unspecified atom stereocenters. The lowest BCUT2D eigenvalue weighted by Gasteiger charge is -2.36. The van der Waals surface area contributed by atoms with Crippen molar-refractivity contribution in [3.8, 4) is 0 Å². The smallest absolute Gasteiger partial charge is 0.324 e. The molecule has 4 heteroatoms. The van der Waals surface area contributed by atoms with Crippen molar-refractivity contribution < 1.29 is 9.90 Å². The van der Waals surface area contributed by atoms with Gasteiger partial charge in [0.1, 0.15) is 5.54 Å². The topological polar surface area (TPSA) is 61.4 Å². The summed E-state index contributed by atoms with van der Waals surface area (Å²) in [6, 6.07) is 8.41. The summed E-state index contributed by atoms with van der Waals surface area (Å²) in [5, 5.41) is 16.7. The zero-order valence-corrected chi connectivity index (χ0v) is 14.7. The Hall–Kier alpha value is -1.39. The van der Waals surface area contributed by atoms with Crippen LogP contribution < -0.4 is 10.6 Å². The molecule has 0 bridgehead atoms. The van der Waals surface area contributed by atoms with E-state index in [0.717, 1.165) is 25.8 Å². The Kier molecular flexibility index (Phi) is 5.57. The number of hydrogen-bond acceptors (Lipinski definition) is 3. The monoisotopic (exact) mass is 330 g/mol. The summed E-state index contributed by atoms with van der Waals surface area (Å²) >= 11 is 0. The second kappa shape index (κ2) is 7.66. The van der Waals surface area contributed by atoms with Gasteiger partial charge in [0, 0.05) is 13.1 Å². The van der Waals surface area contributed by atoms with E-state index >= 15 is 0 Å². The molecule has 4 nitrogen and oxygen atoms in total. The van der Waals surface area contributed by atoms with Gasteiger partial charge in [-0.25, -0.2) is 0 Å². The van der Waals surface area contributed by atoms with Gasteiger partial charge in [-0.05, 0) is 42.9 Å². The first-order chi connectivity index (χ1) is 11.7. The first-order valence-corrected chi connectivity index (χ1v) is 9.36. The number of carboxylic acid groups (broad SMARTS) is 1. The Balaban J connectivity index is 1.74. The molecule has 0 radical (unpaired) electrons. The van der Waals surface area contributed by atoms with E-state index in [2.05, 4.69) is 34.9 Å². The van der Waals surface area contributed by atoms with Crippen LogP contribution in [0.4, 0.5) is 0 Å². The molecule has 3 N–H and O–H groups in total. The van der Waals surface area contributed by atoms with E-state index in [1.807, 2.05) is 7.05 Å². The summed E-state index contributed by atoms with van der Waals surface area (Å²) in [6.07, 6.45) is 7.80. The van der Waals surface area contributed by atoms with Crippen molar-refractivity contribution >= 4 is 5.97 Å². The highest BCUT2D eigenvalue weighted by Gasteiger charge is 2.51. The third-order valence-corrected chi connectivity index (χ3v) is 6.05. The van der Waals surface area contributed by atoms with Crippen LogP contribution in [0, 0.1) is 11.8 Å². The summed E-state index contributed by atoms with van der Waals surface area (Å²) in [5.41, 5.74) is 1.67. The van der Waals surface area contributed by atoms with Gasteiger partial charge in [0.2, 0.25) is 0 Å². The van der Waals surface area contributed by atoms with Gasteiger partial charge in [-0.2, -0.15) is 0 Å². The van der Waals surface area contributed by atoms with E-state index in [1.54, 1.807) is 0 Å². The Bertz CT molecular complexity index is 569. The minimum Gasteiger partial charge on any atom is -0.480 e. The average molecular weight is 330 g/mol. The van der Waals surface area contributed by atoms with Gasteiger partial charge in [-0.15, -0.1) is 0 Å². The Labute approximate surface area is 145 Å². The van der Waals surface area contributed by atoms with E-state index in [9.17, 15) is 9.90 Å². The maximum Gasteiger partial charge on any atom is 0.324 e. The number of benzene rings is 1. The van der Waals surface area contributed by atoms with Crippen molar-refractivity contribution in [3.63, 3.8) is 0 Å². The number of nitrogens with one attached hydrogen (secondary N) is 2. The summed E-state index contributed by atoms with van der Waals surface area (Å²) in [7, 11) is 1.94. The van der Waals surface area contributed by atoms with E-state index in [4.69, 9.17) is 0 Å². The van der Waals surface area contributed by atoms with Crippen LogP contribution in [0.5, 0.6) is 0 Å². The highest BCUT2D eigenvalue weighted by atomic mass is 16.4. The molecule has 2 saturated carbocycles. The number of carbonyl (C=O) groups is 1. The molecule has 2 aliphatic carbocycles. The Morgan fingerprint density at radius 2 is 1.88 bits per heavy atom. The van der Waals surface area contributed by atoms with Crippen LogP contribution in [0.2, 0.25) is 0 Å². The summed E-state index contributed by atoms with van der Waals surface area (Å²) in [5.74, 6) is 0.230. The molecule has 1 aromatic rings. The lowest BCUT2D eigenvalue weighted by Crippen LogP contribution is -2.56. The molecule has 2 aliphatic rings. The average Bonchev–Trinajstić information content (AvgIpc) is 3.23. The summed E-state index contributed by atoms with van der Waals surface area (Å²) in [6.45, 7) is 1.47. The molecule has 3 rings (SSSR count). The molecule has 0 aromatic heterocycles. The molecular formula is C20H30N2O2. The molecule has 0 spiro atoms. The molecule has 2 fully saturated rings. The molecule has 2 atom stereocenters. The van der Waals surface area contributed by atoms with Gasteiger partial charge in [0.25, 0.3) is 0 Å². The Morgan fingerprint density at radius 1 is 1.17 bits per heavy atom. The first kappa shape index (κ1) is 17.4. The number of hydrogen-bond donors (Lipinski definition) is 3. The van der Waals surface area contributed by atoms with Crippen LogP contribution in [-0.4, -0.2) is 23.7 Å². The normalized spacial score (nSPS) is 27.6.